The third-order valence-electron chi connectivity index (χ3n) is 5.51. The molecule has 0 saturated heterocycles. The van der Waals surface area contributed by atoms with E-state index in [0.29, 0.717) is 33.5 Å². The number of benzene rings is 2. The Balaban J connectivity index is 1.49. The standard InChI is InChI=1S/C21H16F3N5O2/c1-28(17-9-31-18-7-12(21(22,23)24)3-4-13(17)18)20(30)11-2-5-14-15(6-11)29-10-26-8-16(29)19(25)27-14/h2-8,10,17H,9H2,1H3,(H2,25,27)/t17-/m1/s1. The van der Waals surface area contributed by atoms with Crippen LogP contribution in [0, 0.1) is 0 Å². The first-order chi connectivity index (χ1) is 14.7. The highest BCUT2D eigenvalue weighted by atomic mass is 19.4. The van der Waals surface area contributed by atoms with E-state index in [9.17, 15) is 18.0 Å². The second kappa shape index (κ2) is 6.59. The SMILES string of the molecule is CN(C(=O)c1ccc2nc(N)c3cncn3c2c1)[C@@H]1COc2cc(C(F)(F)F)ccc21. The Bertz CT molecular complexity index is 1350. The van der Waals surface area contributed by atoms with Gasteiger partial charge in [0.2, 0.25) is 0 Å². The fourth-order valence-corrected chi connectivity index (χ4v) is 3.84. The molecule has 2 N–H and O–H groups in total. The van der Waals surface area contributed by atoms with Crippen LogP contribution in [0.25, 0.3) is 16.6 Å². The van der Waals surface area contributed by atoms with Crippen molar-refractivity contribution in [2.75, 3.05) is 19.4 Å². The van der Waals surface area contributed by atoms with Crippen molar-refractivity contribution in [3.63, 3.8) is 0 Å². The van der Waals surface area contributed by atoms with Gasteiger partial charge in [0.1, 0.15) is 23.7 Å². The van der Waals surface area contributed by atoms with Crippen molar-refractivity contribution in [2.45, 2.75) is 12.2 Å². The number of nitrogens with zero attached hydrogens (tertiary/aromatic N) is 4. The predicted octanol–water partition coefficient (Wildman–Crippen LogP) is 3.69. The molecule has 31 heavy (non-hydrogen) atoms. The molecule has 1 aliphatic heterocycles. The maximum absolute atomic E-state index is 13.2. The van der Waals surface area contributed by atoms with E-state index in [4.69, 9.17) is 10.5 Å². The first kappa shape index (κ1) is 19.2. The van der Waals surface area contributed by atoms with Crippen LogP contribution >= 0.6 is 0 Å². The summed E-state index contributed by atoms with van der Waals surface area (Å²) in [5, 5.41) is 0. The number of anilines is 1. The Morgan fingerprint density at radius 1 is 1.23 bits per heavy atom. The van der Waals surface area contributed by atoms with Gasteiger partial charge in [-0.05, 0) is 30.3 Å². The molecule has 5 rings (SSSR count). The molecule has 158 valence electrons. The number of nitrogens with two attached hydrogens (primary N) is 1. The molecule has 3 heterocycles. The van der Waals surface area contributed by atoms with E-state index in [-0.39, 0.29) is 18.3 Å². The molecule has 0 unspecified atom stereocenters. The summed E-state index contributed by atoms with van der Waals surface area (Å²) in [5.74, 6) is 0.172. The topological polar surface area (TPSA) is 85.8 Å². The highest BCUT2D eigenvalue weighted by molar-refractivity contribution is 5.98. The average molecular weight is 427 g/mol. The van der Waals surface area contributed by atoms with Gasteiger partial charge in [0.15, 0.2) is 0 Å². The molecule has 2 aromatic carbocycles. The zero-order valence-electron chi connectivity index (χ0n) is 16.2. The van der Waals surface area contributed by atoms with Crippen molar-refractivity contribution in [3.8, 4) is 5.75 Å². The van der Waals surface area contributed by atoms with Gasteiger partial charge in [0.25, 0.3) is 5.91 Å². The summed E-state index contributed by atoms with van der Waals surface area (Å²) in [4.78, 5) is 23.1. The quantitative estimate of drug-likeness (QED) is 0.527. The van der Waals surface area contributed by atoms with E-state index in [2.05, 4.69) is 9.97 Å². The molecule has 0 saturated carbocycles. The number of imidazole rings is 1. The van der Waals surface area contributed by atoms with Crippen LogP contribution in [0.5, 0.6) is 5.75 Å². The lowest BCUT2D eigenvalue weighted by atomic mass is 10.0. The van der Waals surface area contributed by atoms with Crippen LogP contribution < -0.4 is 10.5 Å². The normalized spacial score (nSPS) is 15.8. The zero-order chi connectivity index (χ0) is 21.9. The summed E-state index contributed by atoms with van der Waals surface area (Å²) in [7, 11) is 1.60. The molecule has 0 aliphatic carbocycles. The maximum atomic E-state index is 13.2. The number of rotatable bonds is 2. The van der Waals surface area contributed by atoms with E-state index in [1.54, 1.807) is 42.2 Å². The van der Waals surface area contributed by atoms with Crippen molar-refractivity contribution in [2.24, 2.45) is 0 Å². The van der Waals surface area contributed by atoms with E-state index in [1.165, 1.54) is 11.0 Å². The van der Waals surface area contributed by atoms with Crippen molar-refractivity contribution in [3.05, 3.63) is 65.6 Å². The maximum Gasteiger partial charge on any atom is 0.416 e. The average Bonchev–Trinajstić information content (AvgIpc) is 3.39. The molecule has 0 radical (unpaired) electrons. The van der Waals surface area contributed by atoms with Gasteiger partial charge in [-0.2, -0.15) is 13.2 Å². The number of ether oxygens (including phenoxy) is 1. The fraction of sp³-hybridized carbons (Fsp3) is 0.190. The molecular weight excluding hydrogens is 411 g/mol. The van der Waals surface area contributed by atoms with Crippen molar-refractivity contribution in [1.82, 2.24) is 19.3 Å². The number of carbonyl (C=O) groups is 1. The second-order valence-electron chi connectivity index (χ2n) is 7.34. The number of alkyl halides is 3. The van der Waals surface area contributed by atoms with Crippen LogP contribution in [-0.2, 0) is 6.18 Å². The molecular formula is C21H16F3N5O2. The molecule has 1 aliphatic rings. The molecule has 7 nitrogen and oxygen atoms in total. The van der Waals surface area contributed by atoms with E-state index >= 15 is 0 Å². The van der Waals surface area contributed by atoms with E-state index < -0.39 is 17.8 Å². The van der Waals surface area contributed by atoms with Crippen LogP contribution in [0.15, 0.2) is 48.9 Å². The number of hydrogen-bond acceptors (Lipinski definition) is 5. The van der Waals surface area contributed by atoms with Crippen LogP contribution in [0.2, 0.25) is 0 Å². The van der Waals surface area contributed by atoms with Crippen LogP contribution in [0.1, 0.15) is 27.5 Å². The van der Waals surface area contributed by atoms with Gasteiger partial charge in [0.05, 0.1) is 35.2 Å². The minimum atomic E-state index is -4.46. The molecule has 1 amide bonds. The van der Waals surface area contributed by atoms with E-state index in [1.807, 2.05) is 0 Å². The number of aromatic nitrogens is 3. The Hall–Kier alpha value is -3.82. The molecule has 1 atom stereocenters. The van der Waals surface area contributed by atoms with Gasteiger partial charge >= 0.3 is 6.18 Å². The number of carbonyl (C=O) groups excluding carboxylic acids is 1. The molecule has 0 spiro atoms. The lowest BCUT2D eigenvalue weighted by Gasteiger charge is -2.24. The summed E-state index contributed by atoms with van der Waals surface area (Å²) in [5.41, 5.74) is 8.00. The van der Waals surface area contributed by atoms with Crippen LogP contribution in [0.4, 0.5) is 19.0 Å². The molecule has 0 bridgehead atoms. The van der Waals surface area contributed by atoms with Crippen molar-refractivity contribution < 1.29 is 22.7 Å². The lowest BCUT2D eigenvalue weighted by Crippen LogP contribution is -2.32. The predicted molar refractivity (Wildman–Crippen MR) is 107 cm³/mol. The first-order valence-electron chi connectivity index (χ1n) is 9.36. The van der Waals surface area contributed by atoms with Gasteiger partial charge in [-0.3, -0.25) is 9.20 Å². The van der Waals surface area contributed by atoms with E-state index in [0.717, 1.165) is 12.1 Å². The summed E-state index contributed by atoms with van der Waals surface area (Å²) in [6.45, 7) is 0.0797. The Kier molecular flexibility index (Phi) is 4.07. The van der Waals surface area contributed by atoms with Gasteiger partial charge < -0.3 is 15.4 Å². The van der Waals surface area contributed by atoms with Gasteiger partial charge in [0, 0.05) is 18.2 Å². The Morgan fingerprint density at radius 3 is 2.81 bits per heavy atom. The summed E-state index contributed by atoms with van der Waals surface area (Å²) in [6.07, 6.45) is -1.28. The molecule has 4 aromatic rings. The lowest BCUT2D eigenvalue weighted by molar-refractivity contribution is -0.137. The minimum Gasteiger partial charge on any atom is -0.491 e. The highest BCUT2D eigenvalue weighted by Crippen LogP contribution is 2.40. The number of amides is 1. The smallest absolute Gasteiger partial charge is 0.416 e. The number of fused-ring (bicyclic) bond motifs is 4. The Labute approximate surface area is 173 Å². The third kappa shape index (κ3) is 3.02. The third-order valence-corrected chi connectivity index (χ3v) is 5.51. The minimum absolute atomic E-state index is 0.0797. The Morgan fingerprint density at radius 2 is 2.03 bits per heavy atom. The summed E-state index contributed by atoms with van der Waals surface area (Å²) >= 11 is 0. The molecule has 10 heteroatoms. The number of nitrogen functional groups attached to an aromatic ring is 1. The first-order valence-corrected chi connectivity index (χ1v) is 9.36. The van der Waals surface area contributed by atoms with Crippen molar-refractivity contribution >= 4 is 28.3 Å². The molecule has 2 aromatic heterocycles. The van der Waals surface area contributed by atoms with Gasteiger partial charge in [-0.1, -0.05) is 6.07 Å². The second-order valence-corrected chi connectivity index (χ2v) is 7.34. The highest BCUT2D eigenvalue weighted by Gasteiger charge is 2.36. The summed E-state index contributed by atoms with van der Waals surface area (Å²) in [6, 6.07) is 7.86. The number of hydrogen-bond donors (Lipinski definition) is 1. The van der Waals surface area contributed by atoms with Crippen molar-refractivity contribution in [1.29, 1.82) is 0 Å². The summed E-state index contributed by atoms with van der Waals surface area (Å²) < 4.78 is 46.1. The van der Waals surface area contributed by atoms with Gasteiger partial charge in [-0.25, -0.2) is 9.97 Å². The zero-order valence-corrected chi connectivity index (χ0v) is 16.2. The van der Waals surface area contributed by atoms with Gasteiger partial charge in [-0.15, -0.1) is 0 Å². The largest absolute Gasteiger partial charge is 0.491 e. The number of halogens is 3. The van der Waals surface area contributed by atoms with Crippen LogP contribution in [-0.4, -0.2) is 38.8 Å². The fourth-order valence-electron chi connectivity index (χ4n) is 3.84. The van der Waals surface area contributed by atoms with Crippen LogP contribution in [0.3, 0.4) is 0 Å². The number of likely N-dealkylation sites (N-methyl/N-ethyl adjacent to an activating group) is 1. The molecule has 0 fully saturated rings. The monoisotopic (exact) mass is 427 g/mol.